The highest BCUT2D eigenvalue weighted by Gasteiger charge is 2.24. The first-order valence-electron chi connectivity index (χ1n) is 11.0. The summed E-state index contributed by atoms with van der Waals surface area (Å²) in [4.78, 5) is 17.0. The van der Waals surface area contributed by atoms with Crippen molar-refractivity contribution < 1.29 is 14.3 Å². The number of carbonyl (C=O) groups excluding carboxylic acids is 1. The van der Waals surface area contributed by atoms with Crippen molar-refractivity contribution in [2.75, 3.05) is 0 Å². The lowest BCUT2D eigenvalue weighted by atomic mass is 10.0. The molecule has 4 nitrogen and oxygen atoms in total. The average molecular weight is 715 g/mol. The molecule has 0 aromatic heterocycles. The lowest BCUT2D eigenvalue weighted by molar-refractivity contribution is -0.129. The van der Waals surface area contributed by atoms with Crippen LogP contribution >= 0.6 is 54.5 Å². The van der Waals surface area contributed by atoms with Gasteiger partial charge in [0.1, 0.15) is 12.4 Å². The van der Waals surface area contributed by atoms with Crippen LogP contribution in [0.4, 0.5) is 0 Å². The van der Waals surface area contributed by atoms with Gasteiger partial charge in [0, 0.05) is 9.13 Å². The number of aliphatic imine (C=N–C) groups is 1. The molecule has 0 saturated heterocycles. The van der Waals surface area contributed by atoms with E-state index in [9.17, 15) is 4.79 Å². The Balaban J connectivity index is 1.33. The first-order chi connectivity index (χ1) is 17.5. The van der Waals surface area contributed by atoms with Gasteiger partial charge in [-0.05, 0) is 119 Å². The van der Waals surface area contributed by atoms with Gasteiger partial charge in [-0.2, -0.15) is 0 Å². The molecule has 1 heterocycles. The van der Waals surface area contributed by atoms with E-state index in [-0.39, 0.29) is 5.70 Å². The van der Waals surface area contributed by atoms with Crippen molar-refractivity contribution in [1.82, 2.24) is 0 Å². The number of cyclic esters (lactones) is 1. The summed E-state index contributed by atoms with van der Waals surface area (Å²) in [6.45, 7) is 0.442. The third-order valence-corrected chi connectivity index (χ3v) is 7.38. The summed E-state index contributed by atoms with van der Waals surface area (Å²) >= 11 is 9.45. The Kier molecular flexibility index (Phi) is 7.69. The molecule has 0 N–H and O–H groups in total. The second-order valence-corrected chi connectivity index (χ2v) is 11.0. The maximum absolute atomic E-state index is 12.5. The molecule has 4 aromatic rings. The highest BCUT2D eigenvalue weighted by Crippen LogP contribution is 2.36. The van der Waals surface area contributed by atoms with Crippen molar-refractivity contribution in [1.29, 1.82) is 0 Å². The van der Waals surface area contributed by atoms with E-state index in [0.717, 1.165) is 36.8 Å². The smallest absolute Gasteiger partial charge is 0.363 e. The number of halogens is 3. The third kappa shape index (κ3) is 5.79. The van der Waals surface area contributed by atoms with Gasteiger partial charge in [-0.1, -0.05) is 54.6 Å². The van der Waals surface area contributed by atoms with E-state index >= 15 is 0 Å². The molecule has 4 aromatic carbocycles. The molecule has 1 aliphatic rings. The summed E-state index contributed by atoms with van der Waals surface area (Å²) in [7, 11) is 0. The van der Waals surface area contributed by atoms with Crippen molar-refractivity contribution in [2.24, 2.45) is 4.99 Å². The Labute approximate surface area is 239 Å². The Hall–Kier alpha value is -2.75. The van der Waals surface area contributed by atoms with Crippen LogP contribution in [0.5, 0.6) is 5.75 Å². The van der Waals surface area contributed by atoms with Gasteiger partial charge in [0.2, 0.25) is 5.90 Å². The quantitative estimate of drug-likeness (QED) is 0.115. The monoisotopic (exact) mass is 713 g/mol. The van der Waals surface area contributed by atoms with Crippen molar-refractivity contribution in [3.05, 3.63) is 126 Å². The normalized spacial score (nSPS) is 14.0. The number of esters is 1. The number of hydrogen-bond acceptors (Lipinski definition) is 4. The Morgan fingerprint density at radius 2 is 1.44 bits per heavy atom. The van der Waals surface area contributed by atoms with E-state index in [1.54, 1.807) is 6.08 Å². The maximum atomic E-state index is 12.5. The van der Waals surface area contributed by atoms with Crippen LogP contribution in [0.15, 0.2) is 111 Å². The topological polar surface area (TPSA) is 47.9 Å². The molecular weight excluding hydrogens is 697 g/mol. The van der Waals surface area contributed by atoms with Gasteiger partial charge in [0.05, 0.1) is 8.95 Å². The molecule has 0 radical (unpaired) electrons. The Morgan fingerprint density at radius 1 is 0.833 bits per heavy atom. The largest absolute Gasteiger partial charge is 0.487 e. The molecular formula is C29H18Br2INO3. The van der Waals surface area contributed by atoms with Gasteiger partial charge in [0.15, 0.2) is 5.70 Å². The molecule has 0 unspecified atom stereocenters. The number of nitrogens with zero attached hydrogens (tertiary/aromatic N) is 1. The van der Waals surface area contributed by atoms with Crippen LogP contribution in [0, 0.1) is 3.57 Å². The van der Waals surface area contributed by atoms with Crippen LogP contribution in [0.2, 0.25) is 0 Å². The predicted octanol–water partition coefficient (Wildman–Crippen LogP) is 8.41. The molecule has 178 valence electrons. The number of rotatable bonds is 6. The Bertz CT molecular complexity index is 1460. The second-order valence-electron chi connectivity index (χ2n) is 8.01. The zero-order valence-corrected chi connectivity index (χ0v) is 24.1. The number of carbonyl (C=O) groups is 1. The lowest BCUT2D eigenvalue weighted by Gasteiger charge is -2.11. The van der Waals surface area contributed by atoms with Crippen LogP contribution in [0.1, 0.15) is 16.7 Å². The molecule has 7 heteroatoms. The van der Waals surface area contributed by atoms with Crippen LogP contribution in [-0.4, -0.2) is 11.9 Å². The lowest BCUT2D eigenvalue weighted by Crippen LogP contribution is -2.05. The SMILES string of the molecule is O=C1OC(c2ccc(-c3ccccc3)cc2)=N/C1=C\c1cc(Br)c(OCc2ccc(I)cc2)c(Br)c1. The summed E-state index contributed by atoms with van der Waals surface area (Å²) in [5.41, 5.74) is 5.05. The summed E-state index contributed by atoms with van der Waals surface area (Å²) in [5, 5.41) is 0. The standard InChI is InChI=1S/C29H18Br2INO3/c30-24-14-19(15-25(31)27(24)35-17-18-6-12-23(32)13-7-18)16-26-29(34)36-28(33-26)22-10-8-21(9-11-22)20-4-2-1-3-5-20/h1-16H,17H2/b26-16-. The third-order valence-electron chi connectivity index (χ3n) is 5.48. The van der Waals surface area contributed by atoms with Gasteiger partial charge in [0.25, 0.3) is 0 Å². The first kappa shape index (κ1) is 24.9. The molecule has 0 aliphatic carbocycles. The molecule has 36 heavy (non-hydrogen) atoms. The maximum Gasteiger partial charge on any atom is 0.363 e. The van der Waals surface area contributed by atoms with E-state index in [4.69, 9.17) is 9.47 Å². The van der Waals surface area contributed by atoms with E-state index in [1.165, 1.54) is 3.57 Å². The molecule has 0 atom stereocenters. The van der Waals surface area contributed by atoms with Gasteiger partial charge in [-0.15, -0.1) is 0 Å². The van der Waals surface area contributed by atoms with E-state index in [1.807, 2.05) is 78.9 Å². The zero-order valence-electron chi connectivity index (χ0n) is 18.8. The molecule has 0 bridgehead atoms. The molecule has 0 spiro atoms. The van der Waals surface area contributed by atoms with Crippen molar-refractivity contribution >= 4 is 72.4 Å². The fourth-order valence-electron chi connectivity index (χ4n) is 3.66. The summed E-state index contributed by atoms with van der Waals surface area (Å²) in [5.74, 6) is 0.497. The van der Waals surface area contributed by atoms with Gasteiger partial charge < -0.3 is 9.47 Å². The van der Waals surface area contributed by atoms with Crippen molar-refractivity contribution in [2.45, 2.75) is 6.61 Å². The minimum absolute atomic E-state index is 0.239. The van der Waals surface area contributed by atoms with E-state index < -0.39 is 5.97 Å². The first-order valence-corrected chi connectivity index (χ1v) is 13.7. The van der Waals surface area contributed by atoms with E-state index in [0.29, 0.717) is 18.3 Å². The van der Waals surface area contributed by atoms with Crippen LogP contribution in [-0.2, 0) is 16.1 Å². The molecule has 0 fully saturated rings. The molecule has 0 amide bonds. The highest BCUT2D eigenvalue weighted by atomic mass is 127. The number of ether oxygens (including phenoxy) is 2. The van der Waals surface area contributed by atoms with Gasteiger partial charge in [-0.25, -0.2) is 9.79 Å². The van der Waals surface area contributed by atoms with Gasteiger partial charge in [-0.3, -0.25) is 0 Å². The Morgan fingerprint density at radius 3 is 2.11 bits per heavy atom. The zero-order chi connectivity index (χ0) is 25.1. The minimum Gasteiger partial charge on any atom is -0.487 e. The average Bonchev–Trinajstić information content (AvgIpc) is 3.25. The summed E-state index contributed by atoms with van der Waals surface area (Å²) in [6.07, 6.45) is 1.70. The van der Waals surface area contributed by atoms with Crippen LogP contribution in [0.3, 0.4) is 0 Å². The summed E-state index contributed by atoms with van der Waals surface area (Å²) < 4.78 is 14.2. The minimum atomic E-state index is -0.483. The fraction of sp³-hybridized carbons (Fsp3) is 0.0345. The van der Waals surface area contributed by atoms with Crippen LogP contribution in [0.25, 0.3) is 17.2 Å². The summed E-state index contributed by atoms with van der Waals surface area (Å²) in [6, 6.07) is 29.8. The van der Waals surface area contributed by atoms with Gasteiger partial charge >= 0.3 is 5.97 Å². The fourth-order valence-corrected chi connectivity index (χ4v) is 5.47. The van der Waals surface area contributed by atoms with Crippen LogP contribution < -0.4 is 4.74 Å². The predicted molar refractivity (Wildman–Crippen MR) is 158 cm³/mol. The van der Waals surface area contributed by atoms with Crippen molar-refractivity contribution in [3.63, 3.8) is 0 Å². The van der Waals surface area contributed by atoms with Crippen molar-refractivity contribution in [3.8, 4) is 16.9 Å². The highest BCUT2D eigenvalue weighted by molar-refractivity contribution is 14.1. The van der Waals surface area contributed by atoms with E-state index in [2.05, 4.69) is 71.6 Å². The molecule has 1 aliphatic heterocycles. The number of hydrogen-bond donors (Lipinski definition) is 0. The number of benzene rings is 4. The molecule has 0 saturated carbocycles. The second kappa shape index (κ2) is 11.1. The molecule has 5 rings (SSSR count).